The number of nitrogens with zero attached hydrogens (tertiary/aromatic N) is 3. The summed E-state index contributed by atoms with van der Waals surface area (Å²) in [6, 6.07) is 13.3. The van der Waals surface area contributed by atoms with Crippen molar-refractivity contribution in [2.75, 3.05) is 51.1 Å². The average molecular weight is 863 g/mol. The normalized spacial score (nSPS) is 23.6. The number of benzene rings is 2. The van der Waals surface area contributed by atoms with Crippen LogP contribution in [0.4, 0.5) is 20.1 Å². The maximum atomic E-state index is 14.9. The Morgan fingerprint density at radius 3 is 2.21 bits per heavy atom. The zero-order valence-corrected chi connectivity index (χ0v) is 34.1. The molecule has 0 unspecified atom stereocenters. The molecule has 4 amide bonds. The molecule has 0 bridgehead atoms. The van der Waals surface area contributed by atoms with Crippen LogP contribution in [0.25, 0.3) is 0 Å². The molecule has 4 aliphatic heterocycles. The molecule has 3 saturated heterocycles. The van der Waals surface area contributed by atoms with Gasteiger partial charge in [-0.15, -0.1) is 0 Å². The highest BCUT2D eigenvalue weighted by molar-refractivity contribution is 9.11. The molecule has 2 aromatic rings. The molecule has 288 valence electrons. The van der Waals surface area contributed by atoms with Gasteiger partial charge >= 0.3 is 24.2 Å². The van der Waals surface area contributed by atoms with Crippen molar-refractivity contribution >= 4 is 61.7 Å². The maximum Gasteiger partial charge on any atom is 0.560 e. The van der Waals surface area contributed by atoms with Crippen LogP contribution in [-0.2, 0) is 31.9 Å². The molecule has 0 radical (unpaired) electrons. The fourth-order valence-corrected chi connectivity index (χ4v) is 9.63. The standard InChI is InChI=1S/C39H51Br2N5O7/c1-39(2,3)52-38(50)53-46(20-13-28(14-21-46)27-8-15-42-16-9-27)35(47)34(24-26-22-30(40)25-31(41)23-26)51-37(49)44-17-11-32(12-18-44)45-19-10-29-6-4-5-7-33(29)43-36(45)48/h4-7,22-23,25,27-28,32,34,42H,8-21,24H2,1-3H3/p+1/t28?,34-,46?/m1/s1. The number of halogens is 2. The van der Waals surface area contributed by atoms with Gasteiger partial charge in [-0.3, -0.25) is 0 Å². The van der Waals surface area contributed by atoms with Gasteiger partial charge in [-0.05, 0) is 113 Å². The number of likely N-dealkylation sites (tertiary alicyclic amines) is 2. The van der Waals surface area contributed by atoms with Crippen molar-refractivity contribution in [3.8, 4) is 0 Å². The predicted molar refractivity (Wildman–Crippen MR) is 207 cm³/mol. The summed E-state index contributed by atoms with van der Waals surface area (Å²) in [7, 11) is 0. The van der Waals surface area contributed by atoms with Crippen LogP contribution in [0.5, 0.6) is 0 Å². The van der Waals surface area contributed by atoms with Crippen molar-refractivity contribution in [3.63, 3.8) is 0 Å². The van der Waals surface area contributed by atoms with Gasteiger partial charge in [0.15, 0.2) is 0 Å². The zero-order valence-electron chi connectivity index (χ0n) is 30.9. The first kappa shape index (κ1) is 39.5. The van der Waals surface area contributed by atoms with Crippen LogP contribution in [0.15, 0.2) is 51.4 Å². The molecule has 3 fully saturated rings. The first-order chi connectivity index (χ1) is 25.3. The molecule has 53 heavy (non-hydrogen) atoms. The molecule has 14 heteroatoms. The zero-order chi connectivity index (χ0) is 37.8. The summed E-state index contributed by atoms with van der Waals surface area (Å²) in [6.07, 6.45) is 2.77. The Hall–Kier alpha value is -3.20. The summed E-state index contributed by atoms with van der Waals surface area (Å²) in [5.41, 5.74) is 1.88. The number of rotatable bonds is 6. The number of fused-ring (bicyclic) bond motifs is 1. The number of carbonyl (C=O) groups is 4. The first-order valence-corrected chi connectivity index (χ1v) is 20.5. The van der Waals surface area contributed by atoms with Gasteiger partial charge in [0.2, 0.25) is 6.10 Å². The molecule has 0 aliphatic carbocycles. The SMILES string of the molecule is CC(C)(C)OC(=O)O[N+]1(C(=O)[C@@H](Cc2cc(Br)cc(Br)c2)OC(=O)N2CCC(N3CCc4ccccc4NC3=O)CC2)CCC(C2CCNCC2)CC1. The number of hydrogen-bond donors (Lipinski definition) is 2. The summed E-state index contributed by atoms with van der Waals surface area (Å²) in [4.78, 5) is 64.8. The number of nitrogens with one attached hydrogen (secondary N) is 2. The third-order valence-corrected chi connectivity index (χ3v) is 11.9. The van der Waals surface area contributed by atoms with Gasteiger partial charge < -0.3 is 29.9 Å². The summed E-state index contributed by atoms with van der Waals surface area (Å²) < 4.78 is 12.7. The quantitative estimate of drug-likeness (QED) is 0.227. The summed E-state index contributed by atoms with van der Waals surface area (Å²) >= 11 is 7.09. The maximum absolute atomic E-state index is 14.9. The van der Waals surface area contributed by atoms with Gasteiger partial charge in [-0.2, -0.15) is 4.79 Å². The van der Waals surface area contributed by atoms with E-state index in [4.69, 9.17) is 14.3 Å². The fraction of sp³-hybridized carbons (Fsp3) is 0.590. The molecule has 6 rings (SSSR count). The number of hydrogen-bond acceptors (Lipinski definition) is 8. The van der Waals surface area contributed by atoms with E-state index in [9.17, 15) is 19.2 Å². The molecule has 0 aromatic heterocycles. The number of carbonyl (C=O) groups excluding carboxylic acids is 4. The Morgan fingerprint density at radius 1 is 0.906 bits per heavy atom. The van der Waals surface area contributed by atoms with E-state index in [0.717, 1.165) is 58.1 Å². The monoisotopic (exact) mass is 860 g/mol. The van der Waals surface area contributed by atoms with Crippen molar-refractivity contribution in [1.82, 2.24) is 15.1 Å². The van der Waals surface area contributed by atoms with Crippen molar-refractivity contribution in [2.45, 2.75) is 89.9 Å². The molecule has 1 atom stereocenters. The Bertz CT molecular complexity index is 1630. The highest BCUT2D eigenvalue weighted by Gasteiger charge is 2.52. The number of anilines is 1. The van der Waals surface area contributed by atoms with E-state index in [0.29, 0.717) is 57.2 Å². The molecule has 0 saturated carbocycles. The van der Waals surface area contributed by atoms with Crippen LogP contribution >= 0.6 is 31.9 Å². The van der Waals surface area contributed by atoms with Crippen LogP contribution in [0.3, 0.4) is 0 Å². The first-order valence-electron chi connectivity index (χ1n) is 18.9. The van der Waals surface area contributed by atoms with Crippen molar-refractivity contribution < 1.29 is 38.1 Å². The van der Waals surface area contributed by atoms with Crippen LogP contribution < -0.4 is 10.6 Å². The second-order valence-electron chi connectivity index (χ2n) is 15.8. The van der Waals surface area contributed by atoms with E-state index in [1.807, 2.05) is 47.4 Å². The minimum absolute atomic E-state index is 0.0397. The van der Waals surface area contributed by atoms with E-state index in [1.165, 1.54) is 0 Å². The van der Waals surface area contributed by atoms with E-state index < -0.39 is 34.5 Å². The smallest absolute Gasteiger partial charge is 0.431 e. The van der Waals surface area contributed by atoms with Gasteiger partial charge in [0.05, 0.1) is 0 Å². The minimum Gasteiger partial charge on any atom is -0.431 e. The minimum atomic E-state index is -1.24. The van der Waals surface area contributed by atoms with Gasteiger partial charge in [0.25, 0.3) is 0 Å². The molecule has 0 spiro atoms. The van der Waals surface area contributed by atoms with Crippen molar-refractivity contribution in [1.29, 1.82) is 0 Å². The van der Waals surface area contributed by atoms with Crippen molar-refractivity contribution in [2.24, 2.45) is 11.8 Å². The largest absolute Gasteiger partial charge is 0.560 e. The van der Waals surface area contributed by atoms with Gasteiger partial charge in [-0.25, -0.2) is 19.2 Å². The summed E-state index contributed by atoms with van der Waals surface area (Å²) in [5, 5.41) is 6.47. The van der Waals surface area contributed by atoms with E-state index >= 15 is 0 Å². The Labute approximate surface area is 329 Å². The molecule has 2 aromatic carbocycles. The molecule has 4 aliphatic rings. The second-order valence-corrected chi connectivity index (χ2v) is 17.6. The Morgan fingerprint density at radius 2 is 1.55 bits per heavy atom. The van der Waals surface area contributed by atoms with Crippen LogP contribution in [0, 0.1) is 11.8 Å². The van der Waals surface area contributed by atoms with Gasteiger partial charge in [-0.1, -0.05) is 54.7 Å². The summed E-state index contributed by atoms with van der Waals surface area (Å²) in [5.74, 6) is 0.461. The average Bonchev–Trinajstić information content (AvgIpc) is 3.28. The van der Waals surface area contributed by atoms with Crippen LogP contribution in [0.2, 0.25) is 0 Å². The molecular formula is C39H52Br2N5O7+. The van der Waals surface area contributed by atoms with E-state index in [1.54, 1.807) is 25.7 Å². The van der Waals surface area contributed by atoms with Crippen LogP contribution in [-0.4, -0.2) is 102 Å². The van der Waals surface area contributed by atoms with Crippen LogP contribution in [0.1, 0.15) is 70.4 Å². The topological polar surface area (TPSA) is 127 Å². The molecular weight excluding hydrogens is 810 g/mol. The molecule has 4 heterocycles. The number of ether oxygens (including phenoxy) is 2. The lowest BCUT2D eigenvalue weighted by Gasteiger charge is -2.42. The number of piperidine rings is 3. The second kappa shape index (κ2) is 17.1. The van der Waals surface area contributed by atoms with E-state index in [-0.39, 0.29) is 31.6 Å². The highest BCUT2D eigenvalue weighted by atomic mass is 79.9. The fourth-order valence-electron chi connectivity index (χ4n) is 8.24. The molecule has 12 nitrogen and oxygen atoms in total. The van der Waals surface area contributed by atoms with Gasteiger partial charge in [0, 0.05) is 59.6 Å². The predicted octanol–water partition coefficient (Wildman–Crippen LogP) is 7.43. The number of urea groups is 1. The third-order valence-electron chi connectivity index (χ3n) is 11.0. The number of quaternary nitrogens is 1. The lowest BCUT2D eigenvalue weighted by molar-refractivity contribution is -1.03. The highest BCUT2D eigenvalue weighted by Crippen LogP contribution is 2.36. The molecule has 2 N–H and O–H groups in total. The lowest BCUT2D eigenvalue weighted by Crippen LogP contribution is -2.63. The van der Waals surface area contributed by atoms with Gasteiger partial charge in [0.1, 0.15) is 18.7 Å². The lowest BCUT2D eigenvalue weighted by atomic mass is 9.79. The summed E-state index contributed by atoms with van der Waals surface area (Å²) in [6.45, 7) is 9.09. The Kier molecular flexibility index (Phi) is 12.7. The number of hydroxylamine groups is 3. The van der Waals surface area contributed by atoms with Crippen molar-refractivity contribution in [3.05, 3.63) is 62.5 Å². The Balaban J connectivity index is 1.18. The number of amides is 4. The third kappa shape index (κ3) is 10.1. The van der Waals surface area contributed by atoms with E-state index in [2.05, 4.69) is 42.5 Å². The number of para-hydroxylation sites is 1.